The number of aryl methyl sites for hydroxylation is 1. The van der Waals surface area contributed by atoms with Gasteiger partial charge in [-0.3, -0.25) is 4.79 Å². The molecule has 0 bridgehead atoms. The van der Waals surface area contributed by atoms with E-state index in [1.165, 1.54) is 11.4 Å². The van der Waals surface area contributed by atoms with Gasteiger partial charge in [0.1, 0.15) is 5.75 Å². The van der Waals surface area contributed by atoms with Crippen LogP contribution in [0.3, 0.4) is 0 Å². The van der Waals surface area contributed by atoms with Crippen molar-refractivity contribution in [2.75, 3.05) is 27.0 Å². The lowest BCUT2D eigenvalue weighted by atomic mass is 10.1. The number of rotatable bonds is 8. The molecule has 1 fully saturated rings. The number of fused-ring (bicyclic) bond motifs is 1. The van der Waals surface area contributed by atoms with Gasteiger partial charge >= 0.3 is 0 Å². The van der Waals surface area contributed by atoms with Gasteiger partial charge in [0.15, 0.2) is 11.5 Å². The van der Waals surface area contributed by atoms with Crippen molar-refractivity contribution in [3.8, 4) is 17.2 Å². The molecule has 1 N–H and O–H groups in total. The largest absolute Gasteiger partial charge is 0.496 e. The molecular weight excluding hydrogens is 420 g/mol. The number of carbonyl (C=O) groups is 1. The predicted octanol–water partition coefficient (Wildman–Crippen LogP) is 2.46. The maximum Gasteiger partial charge on any atom is 0.243 e. The lowest BCUT2D eigenvalue weighted by Gasteiger charge is -2.17. The maximum absolute atomic E-state index is 12.9. The average molecular weight is 447 g/mol. The van der Waals surface area contributed by atoms with Crippen LogP contribution in [0, 0.1) is 0 Å². The highest BCUT2D eigenvalue weighted by Gasteiger charge is 2.27. The Morgan fingerprint density at radius 1 is 1.10 bits per heavy atom. The second-order valence-electron chi connectivity index (χ2n) is 7.55. The molecule has 2 aromatic rings. The van der Waals surface area contributed by atoms with Crippen LogP contribution in [0.2, 0.25) is 0 Å². The van der Waals surface area contributed by atoms with Crippen molar-refractivity contribution in [2.45, 2.75) is 37.1 Å². The zero-order chi connectivity index (χ0) is 21.8. The van der Waals surface area contributed by atoms with Crippen molar-refractivity contribution in [2.24, 2.45) is 0 Å². The van der Waals surface area contributed by atoms with Crippen LogP contribution in [0.15, 0.2) is 41.3 Å². The first-order valence-electron chi connectivity index (χ1n) is 10.3. The summed E-state index contributed by atoms with van der Waals surface area (Å²) in [6, 6.07) is 10.4. The molecule has 0 aromatic heterocycles. The molecule has 9 heteroatoms. The van der Waals surface area contributed by atoms with Gasteiger partial charge in [-0.1, -0.05) is 6.07 Å². The van der Waals surface area contributed by atoms with Crippen LogP contribution >= 0.6 is 0 Å². The molecule has 2 aliphatic heterocycles. The summed E-state index contributed by atoms with van der Waals surface area (Å²) in [5.41, 5.74) is 1.61. The third-order valence-electron chi connectivity index (χ3n) is 5.50. The van der Waals surface area contributed by atoms with E-state index in [0.717, 1.165) is 18.4 Å². The maximum atomic E-state index is 12.9. The number of hydrogen-bond acceptors (Lipinski definition) is 6. The Morgan fingerprint density at radius 3 is 2.65 bits per heavy atom. The fourth-order valence-electron chi connectivity index (χ4n) is 3.78. The van der Waals surface area contributed by atoms with Crippen molar-refractivity contribution in [1.82, 2.24) is 9.62 Å². The number of ether oxygens (including phenoxy) is 3. The van der Waals surface area contributed by atoms with Gasteiger partial charge in [0, 0.05) is 26.1 Å². The van der Waals surface area contributed by atoms with Crippen molar-refractivity contribution in [1.29, 1.82) is 0 Å². The normalized spacial score (nSPS) is 15.8. The molecule has 0 radical (unpaired) electrons. The minimum Gasteiger partial charge on any atom is -0.496 e. The summed E-state index contributed by atoms with van der Waals surface area (Å²) in [7, 11) is -1.99. The number of carbonyl (C=O) groups excluding carboxylic acids is 1. The van der Waals surface area contributed by atoms with E-state index in [1.54, 1.807) is 18.2 Å². The van der Waals surface area contributed by atoms with Gasteiger partial charge in [0.2, 0.25) is 22.7 Å². The van der Waals surface area contributed by atoms with Crippen molar-refractivity contribution in [3.63, 3.8) is 0 Å². The molecule has 2 aliphatic rings. The summed E-state index contributed by atoms with van der Waals surface area (Å²) in [5.74, 6) is 1.81. The van der Waals surface area contributed by atoms with Gasteiger partial charge in [0.25, 0.3) is 0 Å². The molecule has 2 heterocycles. The highest BCUT2D eigenvalue weighted by Crippen LogP contribution is 2.32. The van der Waals surface area contributed by atoms with E-state index in [2.05, 4.69) is 5.32 Å². The SMILES string of the molecule is COc1ccc(S(=O)(=O)N2CCCC2)cc1CCC(=O)NCc1ccc2c(c1)OCO2. The van der Waals surface area contributed by atoms with E-state index in [4.69, 9.17) is 14.2 Å². The van der Waals surface area contributed by atoms with E-state index in [9.17, 15) is 13.2 Å². The number of methoxy groups -OCH3 is 1. The lowest BCUT2D eigenvalue weighted by Crippen LogP contribution is -2.28. The number of benzene rings is 2. The van der Waals surface area contributed by atoms with Gasteiger partial charge < -0.3 is 19.5 Å². The molecular formula is C22H26N2O6S. The molecule has 2 aromatic carbocycles. The predicted molar refractivity (Wildman–Crippen MR) is 114 cm³/mol. The van der Waals surface area contributed by atoms with Gasteiger partial charge in [-0.25, -0.2) is 8.42 Å². The van der Waals surface area contributed by atoms with Crippen LogP contribution in [0.25, 0.3) is 0 Å². The molecule has 31 heavy (non-hydrogen) atoms. The summed E-state index contributed by atoms with van der Waals surface area (Å²) in [4.78, 5) is 12.6. The summed E-state index contributed by atoms with van der Waals surface area (Å²) in [5, 5.41) is 2.88. The molecule has 166 valence electrons. The van der Waals surface area contributed by atoms with Crippen LogP contribution in [0.1, 0.15) is 30.4 Å². The van der Waals surface area contributed by atoms with Crippen LogP contribution < -0.4 is 19.5 Å². The summed E-state index contributed by atoms with van der Waals surface area (Å²) < 4.78 is 43.2. The second-order valence-corrected chi connectivity index (χ2v) is 9.49. The summed E-state index contributed by atoms with van der Waals surface area (Å²) in [6.45, 7) is 1.67. The van der Waals surface area contributed by atoms with Crippen molar-refractivity contribution < 1.29 is 27.4 Å². The van der Waals surface area contributed by atoms with Crippen LogP contribution in [0.4, 0.5) is 0 Å². The Balaban J connectivity index is 1.38. The van der Waals surface area contributed by atoms with Crippen molar-refractivity contribution >= 4 is 15.9 Å². The number of amides is 1. The molecule has 8 nitrogen and oxygen atoms in total. The van der Waals surface area contributed by atoms with E-state index in [-0.39, 0.29) is 24.0 Å². The second kappa shape index (κ2) is 9.15. The van der Waals surface area contributed by atoms with E-state index in [1.807, 2.05) is 18.2 Å². The molecule has 0 saturated carbocycles. The molecule has 4 rings (SSSR count). The van der Waals surface area contributed by atoms with Gasteiger partial charge in [-0.15, -0.1) is 0 Å². The fraction of sp³-hybridized carbons (Fsp3) is 0.409. The molecule has 0 atom stereocenters. The smallest absolute Gasteiger partial charge is 0.243 e. The quantitative estimate of drug-likeness (QED) is 0.670. The third-order valence-corrected chi connectivity index (χ3v) is 7.40. The molecule has 1 saturated heterocycles. The Kier molecular flexibility index (Phi) is 6.33. The first-order chi connectivity index (χ1) is 15.0. The van der Waals surface area contributed by atoms with E-state index < -0.39 is 10.0 Å². The Labute approximate surface area is 182 Å². The standard InChI is InChI=1S/C22H26N2O6S/c1-28-19-8-6-18(31(26,27)24-10-2-3-11-24)13-17(19)5-9-22(25)23-14-16-4-7-20-21(12-16)30-15-29-20/h4,6-8,12-13H,2-3,5,9-11,14-15H2,1H3,(H,23,25). The number of hydrogen-bond donors (Lipinski definition) is 1. The minimum absolute atomic E-state index is 0.132. The van der Waals surface area contributed by atoms with Gasteiger partial charge in [0.05, 0.1) is 12.0 Å². The Morgan fingerprint density at radius 2 is 1.87 bits per heavy atom. The van der Waals surface area contributed by atoms with Crippen LogP contribution in [0.5, 0.6) is 17.2 Å². The topological polar surface area (TPSA) is 94.2 Å². The zero-order valence-electron chi connectivity index (χ0n) is 17.4. The molecule has 0 spiro atoms. The highest BCUT2D eigenvalue weighted by atomic mass is 32.2. The summed E-state index contributed by atoms with van der Waals surface area (Å²) >= 11 is 0. The third kappa shape index (κ3) is 4.77. The minimum atomic E-state index is -3.52. The monoisotopic (exact) mass is 446 g/mol. The van der Waals surface area contributed by atoms with E-state index >= 15 is 0 Å². The number of nitrogens with zero attached hydrogens (tertiary/aromatic N) is 1. The number of sulfonamides is 1. The van der Waals surface area contributed by atoms with Crippen LogP contribution in [-0.2, 0) is 27.8 Å². The van der Waals surface area contributed by atoms with Gasteiger partial charge in [-0.05, 0) is 60.7 Å². The van der Waals surface area contributed by atoms with Crippen molar-refractivity contribution in [3.05, 3.63) is 47.5 Å². The van der Waals surface area contributed by atoms with Gasteiger partial charge in [-0.2, -0.15) is 4.31 Å². The first-order valence-corrected chi connectivity index (χ1v) is 11.7. The average Bonchev–Trinajstić information content (AvgIpc) is 3.48. The number of nitrogens with one attached hydrogen (secondary N) is 1. The van der Waals surface area contributed by atoms with Crippen LogP contribution in [-0.4, -0.2) is 45.6 Å². The summed E-state index contributed by atoms with van der Waals surface area (Å²) in [6.07, 6.45) is 2.35. The molecule has 1 amide bonds. The molecule has 0 aliphatic carbocycles. The Bertz CT molecular complexity index is 1060. The fourth-order valence-corrected chi connectivity index (χ4v) is 5.34. The first kappa shape index (κ1) is 21.5. The zero-order valence-corrected chi connectivity index (χ0v) is 18.2. The Hall–Kier alpha value is -2.78. The molecule has 0 unspecified atom stereocenters. The lowest BCUT2D eigenvalue weighted by molar-refractivity contribution is -0.121. The highest BCUT2D eigenvalue weighted by molar-refractivity contribution is 7.89. The van der Waals surface area contributed by atoms with E-state index in [0.29, 0.717) is 48.9 Å².